The predicted octanol–water partition coefficient (Wildman–Crippen LogP) is 2.62. The van der Waals surface area contributed by atoms with Crippen molar-refractivity contribution in [3.05, 3.63) is 58.7 Å². The SMILES string of the molecule is C#CCCC(=O)N1CCC(c2nc(C)ncc2C(=O)NCc2cccc(C(=O)OC)c2)CC1. The van der Waals surface area contributed by atoms with Crippen LogP contribution in [-0.4, -0.2) is 52.9 Å². The number of hydrogen-bond acceptors (Lipinski definition) is 6. The van der Waals surface area contributed by atoms with Gasteiger partial charge in [-0.2, -0.15) is 0 Å². The number of amides is 2. The maximum atomic E-state index is 13.0. The summed E-state index contributed by atoms with van der Waals surface area (Å²) in [6.45, 7) is 3.26. The molecular formula is C25H28N4O4. The molecular weight excluding hydrogens is 420 g/mol. The Balaban J connectivity index is 1.68. The van der Waals surface area contributed by atoms with Crippen molar-refractivity contribution in [3.63, 3.8) is 0 Å². The third-order valence-electron chi connectivity index (χ3n) is 5.70. The molecule has 0 bridgehead atoms. The van der Waals surface area contributed by atoms with E-state index in [-0.39, 0.29) is 24.3 Å². The standard InChI is InChI=1S/C25H28N4O4/c1-4-5-9-22(30)29-12-10-19(11-13-29)23-21(16-26-17(2)28-23)24(31)27-15-18-7-6-8-20(14-18)25(32)33-3/h1,6-8,14,16,19H,5,9-13,15H2,2-3H3,(H,27,31). The zero-order valence-corrected chi connectivity index (χ0v) is 19.0. The fraction of sp³-hybridized carbons (Fsp3) is 0.400. The van der Waals surface area contributed by atoms with Crippen LogP contribution in [0.25, 0.3) is 0 Å². The van der Waals surface area contributed by atoms with Crippen LogP contribution in [0.4, 0.5) is 0 Å². The number of esters is 1. The first kappa shape index (κ1) is 23.9. The lowest BCUT2D eigenvalue weighted by molar-refractivity contribution is -0.132. The molecule has 33 heavy (non-hydrogen) atoms. The second kappa shape index (κ2) is 11.2. The summed E-state index contributed by atoms with van der Waals surface area (Å²) >= 11 is 0. The van der Waals surface area contributed by atoms with E-state index in [1.165, 1.54) is 7.11 Å². The van der Waals surface area contributed by atoms with Crippen LogP contribution in [0.5, 0.6) is 0 Å². The van der Waals surface area contributed by atoms with Crippen LogP contribution < -0.4 is 5.32 Å². The van der Waals surface area contributed by atoms with Gasteiger partial charge < -0.3 is 15.0 Å². The average molecular weight is 449 g/mol. The average Bonchev–Trinajstić information content (AvgIpc) is 2.85. The summed E-state index contributed by atoms with van der Waals surface area (Å²) in [6, 6.07) is 6.91. The van der Waals surface area contributed by atoms with Gasteiger partial charge in [0.1, 0.15) is 5.82 Å². The van der Waals surface area contributed by atoms with Gasteiger partial charge in [-0.3, -0.25) is 9.59 Å². The Bertz CT molecular complexity index is 1070. The van der Waals surface area contributed by atoms with Gasteiger partial charge in [-0.15, -0.1) is 12.3 Å². The molecule has 1 fully saturated rings. The minimum absolute atomic E-state index is 0.0618. The molecule has 1 aliphatic heterocycles. The van der Waals surface area contributed by atoms with Crippen molar-refractivity contribution in [2.24, 2.45) is 0 Å². The summed E-state index contributed by atoms with van der Waals surface area (Å²) in [5, 5.41) is 2.89. The normalized spacial score (nSPS) is 13.8. The largest absolute Gasteiger partial charge is 0.465 e. The predicted molar refractivity (Wildman–Crippen MR) is 122 cm³/mol. The third-order valence-corrected chi connectivity index (χ3v) is 5.70. The van der Waals surface area contributed by atoms with Crippen LogP contribution in [-0.2, 0) is 16.1 Å². The minimum Gasteiger partial charge on any atom is -0.465 e. The zero-order chi connectivity index (χ0) is 23.8. The molecule has 1 aromatic heterocycles. The maximum Gasteiger partial charge on any atom is 0.337 e. The van der Waals surface area contributed by atoms with Crippen LogP contribution in [0.15, 0.2) is 30.5 Å². The van der Waals surface area contributed by atoms with E-state index in [0.717, 1.165) is 18.4 Å². The number of piperidine rings is 1. The van der Waals surface area contributed by atoms with Gasteiger partial charge in [0.2, 0.25) is 5.91 Å². The number of likely N-dealkylation sites (tertiary alicyclic amines) is 1. The smallest absolute Gasteiger partial charge is 0.337 e. The summed E-state index contributed by atoms with van der Waals surface area (Å²) in [5.41, 5.74) is 2.34. The number of ether oxygens (including phenoxy) is 1. The second-order valence-corrected chi connectivity index (χ2v) is 7.95. The van der Waals surface area contributed by atoms with Crippen LogP contribution in [0.2, 0.25) is 0 Å². The number of terminal acetylenes is 1. The number of carbonyl (C=O) groups is 3. The van der Waals surface area contributed by atoms with Gasteiger partial charge >= 0.3 is 5.97 Å². The highest BCUT2D eigenvalue weighted by Gasteiger charge is 2.28. The number of hydrogen-bond donors (Lipinski definition) is 1. The summed E-state index contributed by atoms with van der Waals surface area (Å²) < 4.78 is 4.75. The number of carbonyl (C=O) groups excluding carboxylic acids is 3. The Morgan fingerprint density at radius 1 is 1.27 bits per heavy atom. The number of aromatic nitrogens is 2. The molecule has 1 N–H and O–H groups in total. The van der Waals surface area contributed by atoms with Crippen molar-refractivity contribution in [3.8, 4) is 12.3 Å². The van der Waals surface area contributed by atoms with E-state index in [1.807, 2.05) is 11.0 Å². The Kier molecular flexibility index (Phi) is 8.14. The summed E-state index contributed by atoms with van der Waals surface area (Å²) in [6.07, 6.45) is 9.06. The van der Waals surface area contributed by atoms with Gasteiger partial charge in [0.15, 0.2) is 0 Å². The Morgan fingerprint density at radius 3 is 2.73 bits per heavy atom. The third kappa shape index (κ3) is 6.16. The highest BCUT2D eigenvalue weighted by molar-refractivity contribution is 5.95. The highest BCUT2D eigenvalue weighted by atomic mass is 16.5. The lowest BCUT2D eigenvalue weighted by Gasteiger charge is -2.32. The molecule has 8 nitrogen and oxygen atoms in total. The molecule has 0 unspecified atom stereocenters. The van der Waals surface area contributed by atoms with Gasteiger partial charge in [-0.25, -0.2) is 14.8 Å². The highest BCUT2D eigenvalue weighted by Crippen LogP contribution is 2.29. The summed E-state index contributed by atoms with van der Waals surface area (Å²) in [4.78, 5) is 47.6. The fourth-order valence-corrected chi connectivity index (χ4v) is 3.92. The quantitative estimate of drug-likeness (QED) is 0.516. The number of benzene rings is 1. The van der Waals surface area contributed by atoms with Gasteiger partial charge in [0.25, 0.3) is 5.91 Å². The molecule has 0 atom stereocenters. The van der Waals surface area contributed by atoms with Crippen molar-refractivity contribution in [2.45, 2.75) is 45.1 Å². The topological polar surface area (TPSA) is 101 Å². The molecule has 1 aliphatic rings. The lowest BCUT2D eigenvalue weighted by atomic mass is 9.90. The Labute approximate surface area is 193 Å². The monoisotopic (exact) mass is 448 g/mol. The lowest BCUT2D eigenvalue weighted by Crippen LogP contribution is -2.38. The molecule has 0 aliphatic carbocycles. The van der Waals surface area contributed by atoms with E-state index >= 15 is 0 Å². The van der Waals surface area contributed by atoms with Gasteiger partial charge in [-0.05, 0) is 37.5 Å². The molecule has 1 aromatic carbocycles. The van der Waals surface area contributed by atoms with Gasteiger partial charge in [0.05, 0.1) is 23.9 Å². The van der Waals surface area contributed by atoms with E-state index in [4.69, 9.17) is 11.2 Å². The number of methoxy groups -OCH3 is 1. The number of aryl methyl sites for hydroxylation is 1. The molecule has 172 valence electrons. The first-order valence-electron chi connectivity index (χ1n) is 10.9. The molecule has 0 spiro atoms. The zero-order valence-electron chi connectivity index (χ0n) is 19.0. The maximum absolute atomic E-state index is 13.0. The Morgan fingerprint density at radius 2 is 2.03 bits per heavy atom. The number of nitrogens with one attached hydrogen (secondary N) is 1. The number of rotatable bonds is 7. The van der Waals surface area contributed by atoms with E-state index in [9.17, 15) is 14.4 Å². The summed E-state index contributed by atoms with van der Waals surface area (Å²) in [7, 11) is 1.33. The van der Waals surface area contributed by atoms with Crippen molar-refractivity contribution >= 4 is 17.8 Å². The van der Waals surface area contributed by atoms with Crippen molar-refractivity contribution in [1.29, 1.82) is 0 Å². The molecule has 3 rings (SSSR count). The van der Waals surface area contributed by atoms with E-state index in [2.05, 4.69) is 21.2 Å². The molecule has 0 saturated carbocycles. The first-order chi connectivity index (χ1) is 15.9. The Hall–Kier alpha value is -3.73. The van der Waals surface area contributed by atoms with Crippen LogP contribution in [0, 0.1) is 19.3 Å². The van der Waals surface area contributed by atoms with Crippen LogP contribution in [0.1, 0.15) is 69.4 Å². The van der Waals surface area contributed by atoms with Crippen LogP contribution >= 0.6 is 0 Å². The van der Waals surface area contributed by atoms with E-state index < -0.39 is 5.97 Å². The summed E-state index contributed by atoms with van der Waals surface area (Å²) in [5.74, 6) is 2.52. The van der Waals surface area contributed by atoms with Gasteiger partial charge in [0, 0.05) is 44.6 Å². The van der Waals surface area contributed by atoms with Crippen LogP contribution in [0.3, 0.4) is 0 Å². The van der Waals surface area contributed by atoms with Gasteiger partial charge in [-0.1, -0.05) is 12.1 Å². The molecule has 2 heterocycles. The van der Waals surface area contributed by atoms with Crippen molar-refractivity contribution in [1.82, 2.24) is 20.2 Å². The molecule has 2 aromatic rings. The number of nitrogens with zero attached hydrogens (tertiary/aromatic N) is 3. The van der Waals surface area contributed by atoms with Crippen molar-refractivity contribution in [2.75, 3.05) is 20.2 Å². The fourth-order valence-electron chi connectivity index (χ4n) is 3.92. The van der Waals surface area contributed by atoms with Crippen molar-refractivity contribution < 1.29 is 19.1 Å². The first-order valence-corrected chi connectivity index (χ1v) is 10.9. The second-order valence-electron chi connectivity index (χ2n) is 7.95. The molecule has 0 radical (unpaired) electrons. The molecule has 1 saturated heterocycles. The molecule has 8 heteroatoms. The minimum atomic E-state index is -0.429. The molecule has 2 amide bonds. The van der Waals surface area contributed by atoms with E-state index in [0.29, 0.717) is 48.6 Å². The van der Waals surface area contributed by atoms with E-state index in [1.54, 1.807) is 31.3 Å².